The van der Waals surface area contributed by atoms with Crippen molar-refractivity contribution in [1.29, 1.82) is 0 Å². The minimum absolute atomic E-state index is 0.0647. The molecular weight excluding hydrogens is 235 g/mol. The summed E-state index contributed by atoms with van der Waals surface area (Å²) < 4.78 is 23.8. The Kier molecular flexibility index (Phi) is 3.00. The smallest absolute Gasteiger partial charge is 0.229 e. The van der Waals surface area contributed by atoms with Crippen molar-refractivity contribution in [2.24, 2.45) is 0 Å². The lowest BCUT2D eigenvalue weighted by atomic mass is 10.4. The largest absolute Gasteiger partial charge is 0.281 e. The molecule has 0 saturated heterocycles. The second kappa shape index (κ2) is 3.69. The molecule has 0 amide bonds. The van der Waals surface area contributed by atoms with Crippen molar-refractivity contribution in [2.75, 3.05) is 11.0 Å². The van der Waals surface area contributed by atoms with Crippen LogP contribution < -0.4 is 4.72 Å². The van der Waals surface area contributed by atoms with Gasteiger partial charge in [0.1, 0.15) is 0 Å². The van der Waals surface area contributed by atoms with E-state index in [1.807, 2.05) is 0 Å². The summed E-state index contributed by atoms with van der Waals surface area (Å²) in [6.45, 7) is 0. The lowest BCUT2D eigenvalue weighted by Gasteiger charge is -2.04. The Morgan fingerprint density at radius 2 is 2.08 bits per heavy atom. The molecule has 0 bridgehead atoms. The van der Waals surface area contributed by atoms with E-state index in [2.05, 4.69) is 9.71 Å². The number of aromatic nitrogens is 1. The molecular formula is C6H6Cl2N2O2S. The summed E-state index contributed by atoms with van der Waals surface area (Å²) in [4.78, 5) is 3.67. The van der Waals surface area contributed by atoms with E-state index in [0.29, 0.717) is 5.02 Å². The Labute approximate surface area is 85.9 Å². The van der Waals surface area contributed by atoms with Crippen LogP contribution in [0.2, 0.25) is 10.2 Å². The maximum atomic E-state index is 10.8. The summed E-state index contributed by atoms with van der Waals surface area (Å²) in [5, 5.41) is 0.380. The van der Waals surface area contributed by atoms with Crippen molar-refractivity contribution >= 4 is 38.9 Å². The molecule has 0 aromatic carbocycles. The monoisotopic (exact) mass is 240 g/mol. The first-order valence-electron chi connectivity index (χ1n) is 3.17. The van der Waals surface area contributed by atoms with Gasteiger partial charge in [0.25, 0.3) is 0 Å². The molecule has 0 saturated carbocycles. The molecule has 0 aliphatic rings. The molecule has 0 fully saturated rings. The summed E-state index contributed by atoms with van der Waals surface area (Å²) in [7, 11) is -3.35. The molecule has 1 heterocycles. The van der Waals surface area contributed by atoms with E-state index in [1.54, 1.807) is 0 Å². The molecule has 1 aromatic rings. The van der Waals surface area contributed by atoms with Crippen LogP contribution in [0.3, 0.4) is 0 Å². The van der Waals surface area contributed by atoms with E-state index in [-0.39, 0.29) is 10.8 Å². The topological polar surface area (TPSA) is 59.1 Å². The minimum Gasteiger partial charge on any atom is -0.281 e. The number of halogens is 2. The minimum atomic E-state index is -3.35. The second-order valence-corrected chi connectivity index (χ2v) is 4.91. The summed E-state index contributed by atoms with van der Waals surface area (Å²) >= 11 is 11.2. The Morgan fingerprint density at radius 3 is 2.62 bits per heavy atom. The van der Waals surface area contributed by atoms with Crippen LogP contribution in [0.1, 0.15) is 0 Å². The van der Waals surface area contributed by atoms with Gasteiger partial charge in [-0.2, -0.15) is 0 Å². The van der Waals surface area contributed by atoms with E-state index < -0.39 is 10.0 Å². The molecule has 1 N–H and O–H groups in total. The zero-order valence-electron chi connectivity index (χ0n) is 6.58. The lowest BCUT2D eigenvalue weighted by Crippen LogP contribution is -2.10. The van der Waals surface area contributed by atoms with Crippen molar-refractivity contribution in [3.8, 4) is 0 Å². The first-order chi connectivity index (χ1) is 5.88. The molecule has 72 valence electrons. The molecule has 0 aliphatic carbocycles. The van der Waals surface area contributed by atoms with Crippen LogP contribution in [0.25, 0.3) is 0 Å². The van der Waals surface area contributed by atoms with Gasteiger partial charge >= 0.3 is 0 Å². The highest BCUT2D eigenvalue weighted by Gasteiger charge is 2.07. The summed E-state index contributed by atoms with van der Waals surface area (Å²) in [6.07, 6.45) is 2.35. The second-order valence-electron chi connectivity index (χ2n) is 2.37. The number of hydrogen-bond donors (Lipinski definition) is 1. The van der Waals surface area contributed by atoms with Gasteiger partial charge in [0.2, 0.25) is 10.0 Å². The van der Waals surface area contributed by atoms with Crippen molar-refractivity contribution in [3.05, 3.63) is 22.4 Å². The molecule has 7 heteroatoms. The zero-order chi connectivity index (χ0) is 10.1. The van der Waals surface area contributed by atoms with Gasteiger partial charge < -0.3 is 0 Å². The van der Waals surface area contributed by atoms with Crippen molar-refractivity contribution < 1.29 is 8.42 Å². The first kappa shape index (κ1) is 10.6. The molecule has 0 unspecified atom stereocenters. The molecule has 0 atom stereocenters. The van der Waals surface area contributed by atoms with Gasteiger partial charge in [0.05, 0.1) is 17.0 Å². The average Bonchev–Trinajstić information content (AvgIpc) is 1.94. The highest BCUT2D eigenvalue weighted by atomic mass is 35.5. The van der Waals surface area contributed by atoms with Crippen molar-refractivity contribution in [1.82, 2.24) is 4.98 Å². The Hall–Kier alpha value is -0.520. The molecule has 1 aromatic heterocycles. The Morgan fingerprint density at radius 1 is 1.46 bits per heavy atom. The molecule has 0 aliphatic heterocycles. The zero-order valence-corrected chi connectivity index (χ0v) is 8.91. The molecule has 13 heavy (non-hydrogen) atoms. The predicted octanol–water partition coefficient (Wildman–Crippen LogP) is 1.76. The van der Waals surface area contributed by atoms with Crippen molar-refractivity contribution in [2.45, 2.75) is 0 Å². The normalized spacial score (nSPS) is 11.3. The predicted molar refractivity (Wildman–Crippen MR) is 52.7 cm³/mol. The van der Waals surface area contributed by atoms with Gasteiger partial charge in [0.15, 0.2) is 5.15 Å². The number of rotatable bonds is 2. The van der Waals surface area contributed by atoms with Crippen LogP contribution in [0.4, 0.5) is 5.69 Å². The molecule has 4 nitrogen and oxygen atoms in total. The van der Waals surface area contributed by atoms with Gasteiger partial charge in [-0.1, -0.05) is 23.2 Å². The van der Waals surface area contributed by atoms with Crippen LogP contribution >= 0.6 is 23.2 Å². The highest BCUT2D eigenvalue weighted by molar-refractivity contribution is 7.92. The van der Waals surface area contributed by atoms with Gasteiger partial charge in [-0.25, -0.2) is 13.4 Å². The van der Waals surface area contributed by atoms with Crippen LogP contribution in [-0.2, 0) is 10.0 Å². The Balaban J connectivity index is 3.08. The molecule has 1 rings (SSSR count). The fourth-order valence-electron chi connectivity index (χ4n) is 0.694. The standard InChI is InChI=1S/C6H6Cl2N2O2S/c1-13(11,12)10-5-2-4(7)3-9-6(5)8/h2-3,10H,1H3. The number of pyridine rings is 1. The number of nitrogens with zero attached hydrogens (tertiary/aromatic N) is 1. The molecule has 0 spiro atoms. The number of anilines is 1. The maximum Gasteiger partial charge on any atom is 0.229 e. The fourth-order valence-corrected chi connectivity index (χ4v) is 1.61. The fraction of sp³-hybridized carbons (Fsp3) is 0.167. The van der Waals surface area contributed by atoms with E-state index in [1.165, 1.54) is 12.3 Å². The summed E-state index contributed by atoms with van der Waals surface area (Å²) in [5.41, 5.74) is 0.177. The third-order valence-electron chi connectivity index (χ3n) is 1.10. The van der Waals surface area contributed by atoms with Gasteiger partial charge in [-0.3, -0.25) is 4.72 Å². The van der Waals surface area contributed by atoms with E-state index in [4.69, 9.17) is 23.2 Å². The van der Waals surface area contributed by atoms with E-state index in [0.717, 1.165) is 6.26 Å². The van der Waals surface area contributed by atoms with Crippen LogP contribution in [-0.4, -0.2) is 19.7 Å². The third-order valence-corrected chi connectivity index (χ3v) is 2.20. The summed E-state index contributed by atoms with van der Waals surface area (Å²) in [5.74, 6) is 0. The maximum absolute atomic E-state index is 10.8. The van der Waals surface area contributed by atoms with Crippen LogP contribution in [0.5, 0.6) is 0 Å². The summed E-state index contributed by atoms with van der Waals surface area (Å²) in [6, 6.07) is 1.39. The number of sulfonamides is 1. The van der Waals surface area contributed by atoms with Gasteiger partial charge in [-0.05, 0) is 6.07 Å². The van der Waals surface area contributed by atoms with Gasteiger partial charge in [-0.15, -0.1) is 0 Å². The number of nitrogens with one attached hydrogen (secondary N) is 1. The third kappa shape index (κ3) is 3.38. The van der Waals surface area contributed by atoms with E-state index in [9.17, 15) is 8.42 Å². The van der Waals surface area contributed by atoms with Crippen LogP contribution in [0.15, 0.2) is 12.3 Å². The Bertz CT molecular complexity index is 419. The molecule has 0 radical (unpaired) electrons. The average molecular weight is 241 g/mol. The SMILES string of the molecule is CS(=O)(=O)Nc1cc(Cl)cnc1Cl. The quantitative estimate of drug-likeness (QED) is 0.802. The highest BCUT2D eigenvalue weighted by Crippen LogP contribution is 2.23. The van der Waals surface area contributed by atoms with Crippen molar-refractivity contribution in [3.63, 3.8) is 0 Å². The lowest BCUT2D eigenvalue weighted by molar-refractivity contribution is 0.607. The van der Waals surface area contributed by atoms with Gasteiger partial charge in [0, 0.05) is 6.20 Å². The van der Waals surface area contributed by atoms with E-state index >= 15 is 0 Å². The van der Waals surface area contributed by atoms with Crippen LogP contribution in [0, 0.1) is 0 Å². The number of hydrogen-bond acceptors (Lipinski definition) is 3. The first-order valence-corrected chi connectivity index (χ1v) is 5.82.